The number of aromatic nitrogens is 3. The van der Waals surface area contributed by atoms with Crippen LogP contribution in [-0.2, 0) is 24.6 Å². The van der Waals surface area contributed by atoms with Gasteiger partial charge in [-0.25, -0.2) is 14.4 Å². The van der Waals surface area contributed by atoms with E-state index >= 15 is 0 Å². The van der Waals surface area contributed by atoms with Crippen molar-refractivity contribution in [2.45, 2.75) is 38.4 Å². The number of nitrogens with two attached hydrogens (primary N) is 1. The molecule has 0 atom stereocenters. The first-order valence-electron chi connectivity index (χ1n) is 11.0. The predicted molar refractivity (Wildman–Crippen MR) is 122 cm³/mol. The molecule has 1 aliphatic rings. The van der Waals surface area contributed by atoms with Gasteiger partial charge >= 0.3 is 6.18 Å². The number of likely N-dealkylation sites (tertiary alicyclic amines) is 1. The Hall–Kier alpha value is -3.70. The van der Waals surface area contributed by atoms with Gasteiger partial charge in [0.15, 0.2) is 5.82 Å². The molecular formula is C23H24F4N6O2. The SMILES string of the molecule is CC(=O)N1CCC(c2cc3c(NCc4cc(C(F)(F)F)cc(N)c4F)ncnc3n(C)c2=O)CC1. The summed E-state index contributed by atoms with van der Waals surface area (Å²) in [6.45, 7) is 2.26. The average Bonchev–Trinajstić information content (AvgIpc) is 2.81. The van der Waals surface area contributed by atoms with Crippen LogP contribution in [-0.4, -0.2) is 38.4 Å². The number of carbonyl (C=O) groups is 1. The number of alkyl halides is 3. The number of piperidine rings is 1. The van der Waals surface area contributed by atoms with Crippen molar-refractivity contribution in [2.75, 3.05) is 24.1 Å². The highest BCUT2D eigenvalue weighted by molar-refractivity contribution is 5.87. The van der Waals surface area contributed by atoms with Crippen molar-refractivity contribution in [2.24, 2.45) is 7.05 Å². The summed E-state index contributed by atoms with van der Waals surface area (Å²) in [6.07, 6.45) is -2.23. The number of carbonyl (C=O) groups excluding carboxylic acids is 1. The Morgan fingerprint density at radius 1 is 1.20 bits per heavy atom. The molecule has 0 bridgehead atoms. The summed E-state index contributed by atoms with van der Waals surface area (Å²) >= 11 is 0. The van der Waals surface area contributed by atoms with E-state index in [9.17, 15) is 27.2 Å². The number of anilines is 2. The van der Waals surface area contributed by atoms with Gasteiger partial charge in [0, 0.05) is 44.7 Å². The third kappa shape index (κ3) is 4.77. The van der Waals surface area contributed by atoms with E-state index in [0.717, 1.165) is 0 Å². The van der Waals surface area contributed by atoms with E-state index in [1.807, 2.05) is 0 Å². The summed E-state index contributed by atoms with van der Waals surface area (Å²) < 4.78 is 55.3. The number of nitrogens with one attached hydrogen (secondary N) is 1. The summed E-state index contributed by atoms with van der Waals surface area (Å²) in [5, 5.41) is 3.34. The van der Waals surface area contributed by atoms with Gasteiger partial charge in [-0.3, -0.25) is 14.2 Å². The Morgan fingerprint density at radius 3 is 2.51 bits per heavy atom. The molecule has 1 saturated heterocycles. The van der Waals surface area contributed by atoms with Gasteiger partial charge in [-0.15, -0.1) is 0 Å². The molecule has 3 heterocycles. The highest BCUT2D eigenvalue weighted by Crippen LogP contribution is 2.33. The molecule has 35 heavy (non-hydrogen) atoms. The lowest BCUT2D eigenvalue weighted by Gasteiger charge is -2.31. The minimum atomic E-state index is -4.68. The topological polar surface area (TPSA) is 106 Å². The van der Waals surface area contributed by atoms with Crippen molar-refractivity contribution in [1.29, 1.82) is 0 Å². The molecule has 8 nitrogen and oxygen atoms in total. The molecule has 1 amide bonds. The van der Waals surface area contributed by atoms with Gasteiger partial charge in [-0.05, 0) is 37.0 Å². The fourth-order valence-electron chi connectivity index (χ4n) is 4.41. The number of hydrogen-bond acceptors (Lipinski definition) is 6. The molecule has 12 heteroatoms. The third-order valence-corrected chi connectivity index (χ3v) is 6.36. The first-order chi connectivity index (χ1) is 16.5. The molecule has 0 spiro atoms. The Bertz CT molecular complexity index is 1350. The van der Waals surface area contributed by atoms with Crippen molar-refractivity contribution in [1.82, 2.24) is 19.4 Å². The summed E-state index contributed by atoms with van der Waals surface area (Å²) in [7, 11) is 1.57. The number of hydrogen-bond donors (Lipinski definition) is 2. The quantitative estimate of drug-likeness (QED) is 0.427. The standard InChI is InChI=1S/C23H24F4N6O2/c1-12(34)33-5-3-13(4-6-33)16-9-17-20(30-11-31-21(17)32(2)22(16)35)29-10-14-7-15(23(25,26)27)8-18(28)19(14)24/h7-9,11,13H,3-6,10,28H2,1-2H3,(H,29,30,31). The number of rotatable bonds is 4. The number of fused-ring (bicyclic) bond motifs is 1. The number of aryl methyl sites for hydroxylation is 1. The van der Waals surface area contributed by atoms with Crippen LogP contribution in [0.3, 0.4) is 0 Å². The van der Waals surface area contributed by atoms with Crippen molar-refractivity contribution >= 4 is 28.4 Å². The lowest BCUT2D eigenvalue weighted by atomic mass is 9.89. The molecule has 4 rings (SSSR count). The van der Waals surface area contributed by atoms with Gasteiger partial charge in [0.1, 0.15) is 17.8 Å². The van der Waals surface area contributed by atoms with Gasteiger partial charge in [0.05, 0.1) is 16.6 Å². The fraction of sp³-hybridized carbons (Fsp3) is 0.391. The average molecular weight is 492 g/mol. The summed E-state index contributed by atoms with van der Waals surface area (Å²) in [5.41, 5.74) is 4.16. The number of pyridine rings is 1. The molecule has 0 unspecified atom stereocenters. The first kappa shape index (κ1) is 24.4. The molecule has 2 aromatic heterocycles. The highest BCUT2D eigenvalue weighted by atomic mass is 19.4. The summed E-state index contributed by atoms with van der Waals surface area (Å²) in [5.74, 6) is -0.808. The monoisotopic (exact) mass is 492 g/mol. The zero-order valence-electron chi connectivity index (χ0n) is 19.1. The highest BCUT2D eigenvalue weighted by Gasteiger charge is 2.32. The molecule has 186 valence electrons. The predicted octanol–water partition coefficient (Wildman–Crippen LogP) is 3.41. The maximum Gasteiger partial charge on any atom is 0.416 e. The molecule has 0 saturated carbocycles. The van der Waals surface area contributed by atoms with Gasteiger partial charge in [-0.1, -0.05) is 0 Å². The van der Waals surface area contributed by atoms with E-state index in [4.69, 9.17) is 5.73 Å². The molecule has 1 aliphatic heterocycles. The largest absolute Gasteiger partial charge is 0.416 e. The van der Waals surface area contributed by atoms with Crippen LogP contribution in [0.1, 0.15) is 42.4 Å². The molecule has 1 fully saturated rings. The maximum atomic E-state index is 14.5. The number of nitrogen functional groups attached to an aromatic ring is 1. The normalized spacial score (nSPS) is 15.0. The second-order valence-corrected chi connectivity index (χ2v) is 8.59. The number of amides is 1. The van der Waals surface area contributed by atoms with Crippen molar-refractivity contribution < 1.29 is 22.4 Å². The van der Waals surface area contributed by atoms with Crippen molar-refractivity contribution in [3.05, 3.63) is 57.4 Å². The lowest BCUT2D eigenvalue weighted by Crippen LogP contribution is -2.38. The first-order valence-corrected chi connectivity index (χ1v) is 11.0. The molecule has 0 aliphatic carbocycles. The maximum absolute atomic E-state index is 14.5. The number of halogens is 4. The second-order valence-electron chi connectivity index (χ2n) is 8.59. The van der Waals surface area contributed by atoms with Crippen LogP contribution in [0.25, 0.3) is 11.0 Å². The van der Waals surface area contributed by atoms with E-state index in [2.05, 4.69) is 15.3 Å². The molecular weight excluding hydrogens is 468 g/mol. The minimum Gasteiger partial charge on any atom is -0.396 e. The molecule has 0 radical (unpaired) electrons. The lowest BCUT2D eigenvalue weighted by molar-refractivity contribution is -0.137. The van der Waals surface area contributed by atoms with E-state index in [0.29, 0.717) is 54.7 Å². The Balaban J connectivity index is 1.68. The van der Waals surface area contributed by atoms with Crippen LogP contribution in [0.2, 0.25) is 0 Å². The van der Waals surface area contributed by atoms with Crippen molar-refractivity contribution in [3.8, 4) is 0 Å². The van der Waals surface area contributed by atoms with Gasteiger partial charge in [0.2, 0.25) is 5.91 Å². The van der Waals surface area contributed by atoms with Crippen LogP contribution in [0.5, 0.6) is 0 Å². The van der Waals surface area contributed by atoms with E-state index in [-0.39, 0.29) is 35.3 Å². The molecule has 3 N–H and O–H groups in total. The van der Waals surface area contributed by atoms with Crippen LogP contribution >= 0.6 is 0 Å². The van der Waals surface area contributed by atoms with Gasteiger partial charge in [0.25, 0.3) is 5.56 Å². The third-order valence-electron chi connectivity index (χ3n) is 6.36. The zero-order valence-corrected chi connectivity index (χ0v) is 19.1. The molecule has 3 aromatic rings. The Kier molecular flexibility index (Phi) is 6.39. The minimum absolute atomic E-state index is 0.0165. The Morgan fingerprint density at radius 2 is 1.89 bits per heavy atom. The van der Waals surface area contributed by atoms with Crippen LogP contribution < -0.4 is 16.6 Å². The van der Waals surface area contributed by atoms with E-state index < -0.39 is 23.2 Å². The van der Waals surface area contributed by atoms with E-state index in [1.54, 1.807) is 18.0 Å². The van der Waals surface area contributed by atoms with Gasteiger partial charge in [-0.2, -0.15) is 13.2 Å². The summed E-state index contributed by atoms with van der Waals surface area (Å²) in [4.78, 5) is 34.7. The zero-order chi connectivity index (χ0) is 25.5. The fourth-order valence-corrected chi connectivity index (χ4v) is 4.41. The van der Waals surface area contributed by atoms with Crippen LogP contribution in [0, 0.1) is 5.82 Å². The van der Waals surface area contributed by atoms with E-state index in [1.165, 1.54) is 17.8 Å². The smallest absolute Gasteiger partial charge is 0.396 e. The van der Waals surface area contributed by atoms with Crippen LogP contribution in [0.4, 0.5) is 29.1 Å². The van der Waals surface area contributed by atoms with Crippen molar-refractivity contribution in [3.63, 3.8) is 0 Å². The second kappa shape index (κ2) is 9.16. The molecule has 1 aromatic carbocycles. The van der Waals surface area contributed by atoms with Crippen LogP contribution in [0.15, 0.2) is 29.3 Å². The summed E-state index contributed by atoms with van der Waals surface area (Å²) in [6, 6.07) is 2.93. The van der Waals surface area contributed by atoms with Gasteiger partial charge < -0.3 is 16.0 Å². The Labute approximate surface area is 197 Å². The number of nitrogens with zero attached hydrogens (tertiary/aromatic N) is 4. The number of benzene rings is 1.